The molecule has 84 valence electrons. The van der Waals surface area contributed by atoms with E-state index in [2.05, 4.69) is 10.1 Å². The molecular weight excluding hydrogens is 230 g/mol. The maximum absolute atomic E-state index is 11.6. The summed E-state index contributed by atoms with van der Waals surface area (Å²) in [4.78, 5) is 26.9. The lowest BCUT2D eigenvalue weighted by Gasteiger charge is -2.03. The van der Waals surface area contributed by atoms with E-state index in [-0.39, 0.29) is 5.69 Å². The number of aromatic nitrogens is 3. The van der Waals surface area contributed by atoms with Crippen LogP contribution in [0.5, 0.6) is 0 Å². The first-order valence-corrected chi connectivity index (χ1v) is 5.61. The third-order valence-corrected chi connectivity index (χ3v) is 2.52. The van der Waals surface area contributed by atoms with Gasteiger partial charge in [-0.25, -0.2) is 4.79 Å². The van der Waals surface area contributed by atoms with E-state index in [0.29, 0.717) is 11.6 Å². The third kappa shape index (κ3) is 1.94. The monoisotopic (exact) mass is 239 g/mol. The molecule has 0 aliphatic carbocycles. The van der Waals surface area contributed by atoms with Gasteiger partial charge in [-0.2, -0.15) is 14.6 Å². The minimum absolute atomic E-state index is 0.115. The van der Waals surface area contributed by atoms with Gasteiger partial charge in [-0.05, 0) is 6.42 Å². The molecule has 6 nitrogen and oxygen atoms in total. The second-order valence-corrected chi connectivity index (χ2v) is 3.86. The van der Waals surface area contributed by atoms with Gasteiger partial charge in [-0.3, -0.25) is 4.79 Å². The fourth-order valence-corrected chi connectivity index (χ4v) is 1.80. The SMILES string of the molecule is CCCOC(=O)c1cc(=O)nc2scnn12. The second-order valence-electron chi connectivity index (χ2n) is 3.05. The Morgan fingerprint density at radius 2 is 2.44 bits per heavy atom. The minimum Gasteiger partial charge on any atom is -0.461 e. The summed E-state index contributed by atoms with van der Waals surface area (Å²) in [5, 5.41) is 3.92. The number of fused-ring (bicyclic) bond motifs is 1. The average molecular weight is 239 g/mol. The summed E-state index contributed by atoms with van der Waals surface area (Å²) in [7, 11) is 0. The Bertz CT molecular complexity index is 575. The highest BCUT2D eigenvalue weighted by atomic mass is 32.1. The number of hydrogen-bond acceptors (Lipinski definition) is 6. The molecule has 16 heavy (non-hydrogen) atoms. The standard InChI is InChI=1S/C9H9N3O3S/c1-2-3-15-8(14)6-4-7(13)11-9-12(6)10-5-16-9/h4-5H,2-3H2,1H3. The summed E-state index contributed by atoms with van der Waals surface area (Å²) in [6, 6.07) is 1.13. The largest absolute Gasteiger partial charge is 0.461 e. The van der Waals surface area contributed by atoms with Crippen molar-refractivity contribution in [3.05, 3.63) is 27.6 Å². The molecule has 0 unspecified atom stereocenters. The molecule has 2 aromatic rings. The third-order valence-electron chi connectivity index (χ3n) is 1.84. The van der Waals surface area contributed by atoms with E-state index in [0.717, 1.165) is 12.5 Å². The normalized spacial score (nSPS) is 10.6. The van der Waals surface area contributed by atoms with Gasteiger partial charge in [0, 0.05) is 6.07 Å². The van der Waals surface area contributed by atoms with Gasteiger partial charge in [0.1, 0.15) is 5.51 Å². The van der Waals surface area contributed by atoms with E-state index in [1.165, 1.54) is 21.4 Å². The molecule has 0 saturated heterocycles. The van der Waals surface area contributed by atoms with Gasteiger partial charge in [-0.1, -0.05) is 18.3 Å². The summed E-state index contributed by atoms with van der Waals surface area (Å²) in [5.74, 6) is -0.553. The van der Waals surface area contributed by atoms with Gasteiger partial charge in [0.15, 0.2) is 5.69 Å². The van der Waals surface area contributed by atoms with Gasteiger partial charge in [0.05, 0.1) is 6.61 Å². The number of carbonyl (C=O) groups is 1. The van der Waals surface area contributed by atoms with E-state index in [1.807, 2.05) is 6.92 Å². The fourth-order valence-electron chi connectivity index (χ4n) is 1.17. The lowest BCUT2D eigenvalue weighted by molar-refractivity contribution is 0.0494. The summed E-state index contributed by atoms with van der Waals surface area (Å²) >= 11 is 1.19. The lowest BCUT2D eigenvalue weighted by Crippen LogP contribution is -2.17. The number of hydrogen-bond donors (Lipinski definition) is 0. The molecule has 0 fully saturated rings. The zero-order valence-corrected chi connectivity index (χ0v) is 9.36. The lowest BCUT2D eigenvalue weighted by atomic mass is 10.4. The second kappa shape index (κ2) is 4.40. The van der Waals surface area contributed by atoms with Crippen LogP contribution in [0.3, 0.4) is 0 Å². The maximum Gasteiger partial charge on any atom is 0.357 e. The van der Waals surface area contributed by atoms with E-state index in [9.17, 15) is 9.59 Å². The Kier molecular flexibility index (Phi) is 2.95. The summed E-state index contributed by atoms with van der Waals surface area (Å²) < 4.78 is 6.26. The van der Waals surface area contributed by atoms with Crippen LogP contribution >= 0.6 is 11.3 Å². The highest BCUT2D eigenvalue weighted by Crippen LogP contribution is 2.07. The molecule has 0 bridgehead atoms. The quantitative estimate of drug-likeness (QED) is 0.738. The van der Waals surface area contributed by atoms with Crippen molar-refractivity contribution < 1.29 is 9.53 Å². The average Bonchev–Trinajstić information content (AvgIpc) is 2.72. The Balaban J connectivity index is 2.46. The molecule has 2 heterocycles. The Labute approximate surface area is 94.5 Å². The van der Waals surface area contributed by atoms with E-state index < -0.39 is 11.5 Å². The first-order valence-electron chi connectivity index (χ1n) is 4.73. The zero-order chi connectivity index (χ0) is 11.5. The molecule has 2 rings (SSSR count). The number of esters is 1. The summed E-state index contributed by atoms with van der Waals surface area (Å²) in [6.45, 7) is 2.21. The first-order chi connectivity index (χ1) is 7.72. The van der Waals surface area contributed by atoms with Crippen LogP contribution in [0, 0.1) is 0 Å². The van der Waals surface area contributed by atoms with E-state index >= 15 is 0 Å². The first kappa shape index (κ1) is 10.7. The van der Waals surface area contributed by atoms with Crippen LogP contribution in [0.1, 0.15) is 23.8 Å². The number of ether oxygens (including phenoxy) is 1. The van der Waals surface area contributed by atoms with Crippen molar-refractivity contribution in [1.82, 2.24) is 14.6 Å². The van der Waals surface area contributed by atoms with Gasteiger partial charge >= 0.3 is 5.97 Å². The van der Waals surface area contributed by atoms with Crippen LogP contribution in [-0.2, 0) is 4.74 Å². The van der Waals surface area contributed by atoms with Crippen molar-refractivity contribution >= 4 is 22.3 Å². The van der Waals surface area contributed by atoms with Gasteiger partial charge in [0.25, 0.3) is 5.56 Å². The molecular formula is C9H9N3O3S. The molecule has 0 aliphatic rings. The van der Waals surface area contributed by atoms with Crippen LogP contribution in [0.2, 0.25) is 0 Å². The molecule has 7 heteroatoms. The fraction of sp³-hybridized carbons (Fsp3) is 0.333. The molecule has 0 saturated carbocycles. The van der Waals surface area contributed by atoms with Crippen LogP contribution in [-0.4, -0.2) is 27.2 Å². The summed E-state index contributed by atoms with van der Waals surface area (Å²) in [5.41, 5.74) is 1.16. The van der Waals surface area contributed by atoms with Crippen LogP contribution in [0.25, 0.3) is 4.96 Å². The summed E-state index contributed by atoms with van der Waals surface area (Å²) in [6.07, 6.45) is 0.728. The molecule has 0 atom stereocenters. The Morgan fingerprint density at radius 1 is 1.62 bits per heavy atom. The predicted molar refractivity (Wildman–Crippen MR) is 57.7 cm³/mol. The molecule has 0 aliphatic heterocycles. The van der Waals surface area contributed by atoms with Crippen LogP contribution in [0.4, 0.5) is 0 Å². The van der Waals surface area contributed by atoms with Crippen molar-refractivity contribution in [3.8, 4) is 0 Å². The molecule has 0 aromatic carbocycles. The zero-order valence-electron chi connectivity index (χ0n) is 8.54. The predicted octanol–water partition coefficient (Wildman–Crippen LogP) is 0.718. The van der Waals surface area contributed by atoms with Crippen molar-refractivity contribution in [2.75, 3.05) is 6.61 Å². The topological polar surface area (TPSA) is 73.6 Å². The van der Waals surface area contributed by atoms with Crippen LogP contribution < -0.4 is 5.56 Å². The van der Waals surface area contributed by atoms with Crippen molar-refractivity contribution in [3.63, 3.8) is 0 Å². The van der Waals surface area contributed by atoms with E-state index in [4.69, 9.17) is 4.74 Å². The van der Waals surface area contributed by atoms with Gasteiger partial charge in [0.2, 0.25) is 4.96 Å². The van der Waals surface area contributed by atoms with Crippen molar-refractivity contribution in [2.45, 2.75) is 13.3 Å². The van der Waals surface area contributed by atoms with Gasteiger partial charge < -0.3 is 4.74 Å². The van der Waals surface area contributed by atoms with Crippen molar-refractivity contribution in [1.29, 1.82) is 0 Å². The number of nitrogens with zero attached hydrogens (tertiary/aromatic N) is 3. The van der Waals surface area contributed by atoms with Crippen molar-refractivity contribution in [2.24, 2.45) is 0 Å². The Morgan fingerprint density at radius 3 is 3.19 bits per heavy atom. The maximum atomic E-state index is 11.6. The smallest absolute Gasteiger partial charge is 0.357 e. The minimum atomic E-state index is -0.553. The highest BCUT2D eigenvalue weighted by molar-refractivity contribution is 7.14. The molecule has 2 aromatic heterocycles. The highest BCUT2D eigenvalue weighted by Gasteiger charge is 2.14. The van der Waals surface area contributed by atoms with Gasteiger partial charge in [-0.15, -0.1) is 0 Å². The molecule has 0 amide bonds. The number of rotatable bonds is 3. The van der Waals surface area contributed by atoms with E-state index in [1.54, 1.807) is 0 Å². The molecule has 0 spiro atoms. The van der Waals surface area contributed by atoms with Crippen LogP contribution in [0.15, 0.2) is 16.4 Å². The molecule has 0 radical (unpaired) electrons. The Hall–Kier alpha value is -1.76. The molecule has 0 N–H and O–H groups in total. The number of carbonyl (C=O) groups excluding carboxylic acids is 1.